The van der Waals surface area contributed by atoms with Gasteiger partial charge in [0.15, 0.2) is 10.9 Å². The smallest absolute Gasteiger partial charge is 0.174 e. The highest BCUT2D eigenvalue weighted by molar-refractivity contribution is 7.80. The number of benzene rings is 2. The first-order chi connectivity index (χ1) is 14.6. The zero-order valence-electron chi connectivity index (χ0n) is 16.5. The lowest BCUT2D eigenvalue weighted by Crippen LogP contribution is -2.49. The molecule has 1 fully saturated rings. The van der Waals surface area contributed by atoms with Crippen molar-refractivity contribution in [1.82, 2.24) is 19.6 Å². The van der Waals surface area contributed by atoms with Gasteiger partial charge < -0.3 is 10.2 Å². The Hall–Kier alpha value is -2.12. The summed E-state index contributed by atoms with van der Waals surface area (Å²) in [5.74, 6) is 0.717. The van der Waals surface area contributed by atoms with Crippen molar-refractivity contribution in [2.45, 2.75) is 13.1 Å². The molecule has 3 aromatic rings. The second kappa shape index (κ2) is 9.79. The number of nitrogens with zero attached hydrogens (tertiary/aromatic N) is 4. The van der Waals surface area contributed by atoms with Gasteiger partial charge in [-0.15, -0.1) is 0 Å². The van der Waals surface area contributed by atoms with Crippen molar-refractivity contribution < 1.29 is 0 Å². The quantitative estimate of drug-likeness (QED) is 0.556. The summed E-state index contributed by atoms with van der Waals surface area (Å²) in [5, 5.41) is 9.78. The van der Waals surface area contributed by atoms with Gasteiger partial charge in [-0.1, -0.05) is 59.6 Å². The molecule has 2 heterocycles. The van der Waals surface area contributed by atoms with E-state index in [9.17, 15) is 0 Å². The molecule has 0 unspecified atom stereocenters. The van der Waals surface area contributed by atoms with Crippen LogP contribution in [0.5, 0.6) is 0 Å². The molecule has 0 atom stereocenters. The fourth-order valence-electron chi connectivity index (χ4n) is 3.50. The van der Waals surface area contributed by atoms with Crippen LogP contribution in [0.3, 0.4) is 0 Å². The van der Waals surface area contributed by atoms with Crippen LogP contribution in [0.4, 0.5) is 5.82 Å². The lowest BCUT2D eigenvalue weighted by Gasteiger charge is -2.36. The number of anilines is 1. The molecule has 2 aromatic carbocycles. The highest BCUT2D eigenvalue weighted by Gasteiger charge is 2.19. The van der Waals surface area contributed by atoms with Crippen LogP contribution in [0, 0.1) is 0 Å². The Balaban J connectivity index is 1.29. The van der Waals surface area contributed by atoms with E-state index in [2.05, 4.69) is 50.5 Å². The molecule has 1 N–H and O–H groups in total. The Morgan fingerprint density at radius 3 is 2.30 bits per heavy atom. The second-order valence-electron chi connectivity index (χ2n) is 7.28. The SMILES string of the molecule is S=C(Nc1ccn(Cc2c(Cl)cccc2Cl)n1)N1CCN(Cc2ccccc2)CC1. The normalized spacial score (nSPS) is 14.7. The Bertz CT molecular complexity index is 980. The van der Waals surface area contributed by atoms with Crippen LogP contribution in [-0.2, 0) is 13.1 Å². The molecule has 8 heteroatoms. The number of piperazine rings is 1. The van der Waals surface area contributed by atoms with Crippen LogP contribution in [-0.4, -0.2) is 50.9 Å². The number of thiocarbonyl (C=S) groups is 1. The van der Waals surface area contributed by atoms with Crippen molar-refractivity contribution in [2.75, 3.05) is 31.5 Å². The van der Waals surface area contributed by atoms with Gasteiger partial charge in [-0.05, 0) is 29.9 Å². The Kier molecular flexibility index (Phi) is 6.89. The number of halogens is 2. The Labute approximate surface area is 192 Å². The lowest BCUT2D eigenvalue weighted by atomic mass is 10.2. The average Bonchev–Trinajstić information content (AvgIpc) is 3.19. The molecule has 4 rings (SSSR count). The van der Waals surface area contributed by atoms with Crippen LogP contribution in [0.15, 0.2) is 60.8 Å². The highest BCUT2D eigenvalue weighted by atomic mass is 35.5. The molecule has 0 aliphatic carbocycles. The van der Waals surface area contributed by atoms with Gasteiger partial charge in [0, 0.05) is 60.6 Å². The standard InChI is InChI=1S/C22H23Cl2N5S/c23-19-7-4-8-20(24)18(19)16-29-10-9-21(26-29)25-22(30)28-13-11-27(12-14-28)15-17-5-2-1-3-6-17/h1-10H,11-16H2,(H,25,26,30). The van der Waals surface area contributed by atoms with E-state index in [0.717, 1.165) is 44.1 Å². The maximum absolute atomic E-state index is 6.26. The minimum Gasteiger partial charge on any atom is -0.346 e. The molecule has 156 valence electrons. The largest absolute Gasteiger partial charge is 0.346 e. The third kappa shape index (κ3) is 5.32. The molecule has 1 aliphatic heterocycles. The fraction of sp³-hybridized carbons (Fsp3) is 0.273. The van der Waals surface area contributed by atoms with Crippen LogP contribution in [0.1, 0.15) is 11.1 Å². The van der Waals surface area contributed by atoms with E-state index in [4.69, 9.17) is 35.4 Å². The predicted octanol–water partition coefficient (Wildman–Crippen LogP) is 4.75. The first-order valence-corrected chi connectivity index (χ1v) is 11.0. The summed E-state index contributed by atoms with van der Waals surface area (Å²) < 4.78 is 1.80. The molecule has 5 nitrogen and oxygen atoms in total. The minimum absolute atomic E-state index is 0.505. The number of rotatable bonds is 5. The van der Waals surface area contributed by atoms with Gasteiger partial charge in [-0.2, -0.15) is 5.10 Å². The van der Waals surface area contributed by atoms with E-state index in [1.54, 1.807) is 4.68 Å². The topological polar surface area (TPSA) is 36.3 Å². The van der Waals surface area contributed by atoms with E-state index >= 15 is 0 Å². The van der Waals surface area contributed by atoms with Gasteiger partial charge in [0.2, 0.25) is 0 Å². The van der Waals surface area contributed by atoms with Gasteiger partial charge in [-0.3, -0.25) is 9.58 Å². The number of hydrogen-bond donors (Lipinski definition) is 1. The fourth-order valence-corrected chi connectivity index (χ4v) is 4.31. The number of nitrogens with one attached hydrogen (secondary N) is 1. The summed E-state index contributed by atoms with van der Waals surface area (Å²) in [6.45, 7) is 5.24. The first-order valence-electron chi connectivity index (χ1n) is 9.87. The molecule has 1 aromatic heterocycles. The second-order valence-corrected chi connectivity index (χ2v) is 8.48. The van der Waals surface area contributed by atoms with Crippen molar-refractivity contribution in [3.8, 4) is 0 Å². The molecule has 30 heavy (non-hydrogen) atoms. The van der Waals surface area contributed by atoms with Crippen LogP contribution >= 0.6 is 35.4 Å². The molecule has 0 amide bonds. The van der Waals surface area contributed by atoms with Crippen LogP contribution < -0.4 is 5.32 Å². The van der Waals surface area contributed by atoms with Crippen LogP contribution in [0.2, 0.25) is 10.0 Å². The maximum Gasteiger partial charge on any atom is 0.174 e. The van der Waals surface area contributed by atoms with E-state index in [-0.39, 0.29) is 0 Å². The molecule has 0 saturated carbocycles. The highest BCUT2D eigenvalue weighted by Crippen LogP contribution is 2.25. The third-order valence-electron chi connectivity index (χ3n) is 5.17. The molecular weight excluding hydrogens is 437 g/mol. The van der Waals surface area contributed by atoms with Crippen LogP contribution in [0.25, 0.3) is 0 Å². The average molecular weight is 460 g/mol. The number of hydrogen-bond acceptors (Lipinski definition) is 3. The summed E-state index contributed by atoms with van der Waals surface area (Å²) in [6.07, 6.45) is 1.89. The number of aromatic nitrogens is 2. The van der Waals surface area contributed by atoms with E-state index in [0.29, 0.717) is 21.7 Å². The maximum atomic E-state index is 6.26. The molecule has 0 radical (unpaired) electrons. The monoisotopic (exact) mass is 459 g/mol. The van der Waals surface area contributed by atoms with E-state index < -0.39 is 0 Å². The van der Waals surface area contributed by atoms with Gasteiger partial charge in [0.1, 0.15) is 0 Å². The van der Waals surface area contributed by atoms with E-state index in [1.165, 1.54) is 5.56 Å². The summed E-state index contributed by atoms with van der Waals surface area (Å²) in [6, 6.07) is 18.0. The zero-order chi connectivity index (χ0) is 20.9. The molecular formula is C22H23Cl2N5S. The molecule has 1 aliphatic rings. The van der Waals surface area contributed by atoms with Crippen molar-refractivity contribution in [1.29, 1.82) is 0 Å². The van der Waals surface area contributed by atoms with Crippen molar-refractivity contribution in [3.63, 3.8) is 0 Å². The van der Waals surface area contributed by atoms with Crippen molar-refractivity contribution >= 4 is 46.4 Å². The Morgan fingerprint density at radius 2 is 1.60 bits per heavy atom. The van der Waals surface area contributed by atoms with Gasteiger partial charge >= 0.3 is 0 Å². The zero-order valence-corrected chi connectivity index (χ0v) is 18.8. The molecule has 0 bridgehead atoms. The predicted molar refractivity (Wildman–Crippen MR) is 127 cm³/mol. The van der Waals surface area contributed by atoms with Crippen molar-refractivity contribution in [3.05, 3.63) is 82.0 Å². The van der Waals surface area contributed by atoms with Crippen molar-refractivity contribution in [2.24, 2.45) is 0 Å². The Morgan fingerprint density at radius 1 is 0.900 bits per heavy atom. The lowest BCUT2D eigenvalue weighted by molar-refractivity contribution is 0.177. The summed E-state index contributed by atoms with van der Waals surface area (Å²) in [5.41, 5.74) is 2.20. The van der Waals surface area contributed by atoms with Gasteiger partial charge in [-0.25, -0.2) is 0 Å². The van der Waals surface area contributed by atoms with E-state index in [1.807, 2.05) is 30.5 Å². The minimum atomic E-state index is 0.505. The first kappa shape index (κ1) is 21.1. The molecule has 1 saturated heterocycles. The summed E-state index contributed by atoms with van der Waals surface area (Å²) in [4.78, 5) is 4.65. The molecule has 0 spiro atoms. The van der Waals surface area contributed by atoms with Gasteiger partial charge in [0.05, 0.1) is 6.54 Å². The summed E-state index contributed by atoms with van der Waals surface area (Å²) in [7, 11) is 0. The summed E-state index contributed by atoms with van der Waals surface area (Å²) >= 11 is 18.1. The van der Waals surface area contributed by atoms with Gasteiger partial charge in [0.25, 0.3) is 0 Å². The third-order valence-corrected chi connectivity index (χ3v) is 6.23.